The van der Waals surface area contributed by atoms with Gasteiger partial charge in [-0.15, -0.1) is 0 Å². The summed E-state index contributed by atoms with van der Waals surface area (Å²) >= 11 is 6.01. The summed E-state index contributed by atoms with van der Waals surface area (Å²) in [5.41, 5.74) is 2.77. The maximum atomic E-state index is 12.0. The first-order valence-corrected chi connectivity index (χ1v) is 7.31. The maximum Gasteiger partial charge on any atom is 0.314 e. The van der Waals surface area contributed by atoms with Crippen LogP contribution in [0.25, 0.3) is 0 Å². The molecule has 0 spiro atoms. The number of carbonyl (C=O) groups is 2. The molecule has 0 heterocycles. The molecule has 0 saturated heterocycles. The Morgan fingerprint density at radius 1 is 1.00 bits per heavy atom. The van der Waals surface area contributed by atoms with E-state index in [0.717, 1.165) is 11.1 Å². The van der Waals surface area contributed by atoms with E-state index in [-0.39, 0.29) is 0 Å². The van der Waals surface area contributed by atoms with Gasteiger partial charge in [0.1, 0.15) is 5.75 Å². The average Bonchev–Trinajstić information content (AvgIpc) is 2.52. The Balaban J connectivity index is 2.10. The van der Waals surface area contributed by atoms with Gasteiger partial charge in [-0.05, 0) is 37.6 Å². The van der Waals surface area contributed by atoms with Crippen LogP contribution in [-0.2, 0) is 9.59 Å². The molecule has 0 bridgehead atoms. The number of anilines is 2. The Morgan fingerprint density at radius 3 is 2.22 bits per heavy atom. The van der Waals surface area contributed by atoms with Crippen molar-refractivity contribution in [1.82, 2.24) is 0 Å². The van der Waals surface area contributed by atoms with Crippen LogP contribution in [0.4, 0.5) is 11.4 Å². The van der Waals surface area contributed by atoms with Gasteiger partial charge in [0.15, 0.2) is 0 Å². The van der Waals surface area contributed by atoms with Crippen molar-refractivity contribution in [3.05, 3.63) is 52.5 Å². The lowest BCUT2D eigenvalue weighted by Crippen LogP contribution is -2.29. The molecule has 2 rings (SSSR count). The van der Waals surface area contributed by atoms with Gasteiger partial charge in [0, 0.05) is 16.8 Å². The van der Waals surface area contributed by atoms with Gasteiger partial charge in [-0.2, -0.15) is 0 Å². The molecular formula is C17H17ClN2O3. The molecule has 6 heteroatoms. The van der Waals surface area contributed by atoms with E-state index >= 15 is 0 Å². The van der Waals surface area contributed by atoms with Crippen molar-refractivity contribution in [1.29, 1.82) is 0 Å². The third-order valence-electron chi connectivity index (χ3n) is 3.24. The third kappa shape index (κ3) is 4.23. The predicted molar refractivity (Wildman–Crippen MR) is 91.2 cm³/mol. The van der Waals surface area contributed by atoms with Gasteiger partial charge in [-0.25, -0.2) is 0 Å². The molecule has 0 fully saturated rings. The van der Waals surface area contributed by atoms with Crippen LogP contribution >= 0.6 is 11.6 Å². The molecule has 23 heavy (non-hydrogen) atoms. The van der Waals surface area contributed by atoms with Crippen LogP contribution in [0.3, 0.4) is 0 Å². The number of halogens is 1. The van der Waals surface area contributed by atoms with Crippen LogP contribution in [0, 0.1) is 13.8 Å². The van der Waals surface area contributed by atoms with Crippen LogP contribution in [-0.4, -0.2) is 18.9 Å². The maximum absolute atomic E-state index is 12.0. The number of methoxy groups -OCH3 is 1. The van der Waals surface area contributed by atoms with Gasteiger partial charge in [0.2, 0.25) is 0 Å². The van der Waals surface area contributed by atoms with Gasteiger partial charge in [0.25, 0.3) is 0 Å². The van der Waals surface area contributed by atoms with Gasteiger partial charge in [-0.3, -0.25) is 9.59 Å². The normalized spacial score (nSPS) is 10.1. The van der Waals surface area contributed by atoms with Crippen LogP contribution in [0.1, 0.15) is 11.1 Å². The number of hydrogen-bond acceptors (Lipinski definition) is 3. The second-order valence-corrected chi connectivity index (χ2v) is 5.48. The first-order chi connectivity index (χ1) is 10.9. The highest BCUT2D eigenvalue weighted by Crippen LogP contribution is 2.30. The van der Waals surface area contributed by atoms with E-state index in [4.69, 9.17) is 16.3 Å². The molecule has 0 unspecified atom stereocenters. The molecular weight excluding hydrogens is 316 g/mol. The van der Waals surface area contributed by atoms with E-state index in [2.05, 4.69) is 10.6 Å². The lowest BCUT2D eigenvalue weighted by atomic mass is 10.2. The van der Waals surface area contributed by atoms with Gasteiger partial charge in [-0.1, -0.05) is 29.3 Å². The number of aryl methyl sites for hydroxylation is 2. The van der Waals surface area contributed by atoms with Crippen LogP contribution in [0.15, 0.2) is 36.4 Å². The van der Waals surface area contributed by atoms with Crippen molar-refractivity contribution < 1.29 is 14.3 Å². The number of ether oxygens (including phenoxy) is 1. The highest BCUT2D eigenvalue weighted by molar-refractivity contribution is 6.43. The molecule has 0 atom stereocenters. The molecule has 0 aliphatic heterocycles. The summed E-state index contributed by atoms with van der Waals surface area (Å²) in [5, 5.41) is 5.58. The van der Waals surface area contributed by atoms with Crippen LogP contribution in [0.5, 0.6) is 5.75 Å². The molecule has 0 aromatic heterocycles. The Morgan fingerprint density at radius 2 is 1.61 bits per heavy atom. The highest BCUT2D eigenvalue weighted by atomic mass is 35.5. The first-order valence-electron chi connectivity index (χ1n) is 6.94. The van der Waals surface area contributed by atoms with E-state index in [1.807, 2.05) is 19.1 Å². The largest absolute Gasteiger partial charge is 0.495 e. The summed E-state index contributed by atoms with van der Waals surface area (Å²) in [6, 6.07) is 10.4. The van der Waals surface area contributed by atoms with Crippen molar-refractivity contribution in [2.75, 3.05) is 17.7 Å². The van der Waals surface area contributed by atoms with E-state index in [9.17, 15) is 9.59 Å². The number of carbonyl (C=O) groups excluding carboxylic acids is 2. The Labute approximate surface area is 139 Å². The summed E-state index contributed by atoms with van der Waals surface area (Å²) in [6.45, 7) is 3.73. The molecule has 2 aromatic rings. The number of benzene rings is 2. The van der Waals surface area contributed by atoms with Crippen molar-refractivity contribution in [3.8, 4) is 5.75 Å². The molecule has 0 aliphatic rings. The van der Waals surface area contributed by atoms with E-state index in [1.165, 1.54) is 7.11 Å². The number of nitrogens with one attached hydrogen (secondary N) is 2. The molecule has 2 aromatic carbocycles. The van der Waals surface area contributed by atoms with E-state index in [0.29, 0.717) is 22.1 Å². The molecule has 120 valence electrons. The molecule has 5 nitrogen and oxygen atoms in total. The number of amides is 2. The van der Waals surface area contributed by atoms with Gasteiger partial charge in [0.05, 0.1) is 12.8 Å². The zero-order valence-electron chi connectivity index (χ0n) is 13.1. The van der Waals surface area contributed by atoms with Gasteiger partial charge < -0.3 is 15.4 Å². The Kier molecular flexibility index (Phi) is 5.24. The van der Waals surface area contributed by atoms with E-state index in [1.54, 1.807) is 31.2 Å². The third-order valence-corrected chi connectivity index (χ3v) is 3.65. The molecule has 2 amide bonds. The molecule has 0 aliphatic carbocycles. The standard InChI is InChI=1S/C17H17ClN2O3/c1-10-4-6-12(7-5-10)19-16(21)17(22)20-14-8-11(2)13(18)9-15(14)23-3/h4-9H,1-3H3,(H,19,21)(H,20,22). The molecule has 2 N–H and O–H groups in total. The van der Waals surface area contributed by atoms with Crippen molar-refractivity contribution >= 4 is 34.8 Å². The quantitative estimate of drug-likeness (QED) is 0.845. The fraction of sp³-hybridized carbons (Fsp3) is 0.176. The first kappa shape index (κ1) is 16.8. The fourth-order valence-electron chi connectivity index (χ4n) is 1.93. The summed E-state index contributed by atoms with van der Waals surface area (Å²) in [7, 11) is 1.46. The minimum Gasteiger partial charge on any atom is -0.495 e. The van der Waals surface area contributed by atoms with Crippen molar-refractivity contribution in [2.24, 2.45) is 0 Å². The van der Waals surface area contributed by atoms with Gasteiger partial charge >= 0.3 is 11.8 Å². The Bertz CT molecular complexity index is 742. The zero-order valence-corrected chi connectivity index (χ0v) is 13.8. The summed E-state index contributed by atoms with van der Waals surface area (Å²) in [4.78, 5) is 24.0. The number of hydrogen-bond donors (Lipinski definition) is 2. The lowest BCUT2D eigenvalue weighted by Gasteiger charge is -2.12. The molecule has 0 saturated carbocycles. The lowest BCUT2D eigenvalue weighted by molar-refractivity contribution is -0.133. The SMILES string of the molecule is COc1cc(Cl)c(C)cc1NC(=O)C(=O)Nc1ccc(C)cc1. The summed E-state index contributed by atoms with van der Waals surface area (Å²) in [5.74, 6) is -1.16. The zero-order chi connectivity index (χ0) is 17.0. The monoisotopic (exact) mass is 332 g/mol. The number of rotatable bonds is 3. The summed E-state index contributed by atoms with van der Waals surface area (Å²) < 4.78 is 5.16. The second kappa shape index (κ2) is 7.15. The van der Waals surface area contributed by atoms with Crippen LogP contribution < -0.4 is 15.4 Å². The summed E-state index contributed by atoms with van der Waals surface area (Å²) in [6.07, 6.45) is 0. The van der Waals surface area contributed by atoms with Crippen LogP contribution in [0.2, 0.25) is 5.02 Å². The van der Waals surface area contributed by atoms with Crippen molar-refractivity contribution in [3.63, 3.8) is 0 Å². The Hall–Kier alpha value is -2.53. The fourth-order valence-corrected chi connectivity index (χ4v) is 2.09. The van der Waals surface area contributed by atoms with E-state index < -0.39 is 11.8 Å². The average molecular weight is 333 g/mol. The molecule has 0 radical (unpaired) electrons. The second-order valence-electron chi connectivity index (χ2n) is 5.08. The topological polar surface area (TPSA) is 67.4 Å². The minimum absolute atomic E-state index is 0.386. The van der Waals surface area contributed by atoms with Crippen molar-refractivity contribution in [2.45, 2.75) is 13.8 Å². The smallest absolute Gasteiger partial charge is 0.314 e. The predicted octanol–water partition coefficient (Wildman–Crippen LogP) is 3.54. The minimum atomic E-state index is -0.786. The highest BCUT2D eigenvalue weighted by Gasteiger charge is 2.17.